The first kappa shape index (κ1) is 43.0. The van der Waals surface area contributed by atoms with E-state index in [2.05, 4.69) is 41.6 Å². The zero-order chi connectivity index (χ0) is 43.4. The van der Waals surface area contributed by atoms with Crippen molar-refractivity contribution in [1.29, 1.82) is 0 Å². The molecule has 0 fully saturated rings. The van der Waals surface area contributed by atoms with E-state index in [1.807, 2.05) is 0 Å². The number of ketones is 1. The van der Waals surface area contributed by atoms with Crippen LogP contribution < -0.4 is 27.5 Å². The summed E-state index contributed by atoms with van der Waals surface area (Å²) >= 11 is 0. The van der Waals surface area contributed by atoms with Gasteiger partial charge in [0.25, 0.3) is 30.4 Å². The fourth-order valence-corrected chi connectivity index (χ4v) is 7.05. The zero-order valence-corrected chi connectivity index (χ0v) is 31.8. The molecule has 1 aliphatic rings. The summed E-state index contributed by atoms with van der Waals surface area (Å²) in [5.41, 5.74) is 12.1. The fourth-order valence-electron chi connectivity index (χ4n) is 5.05. The Morgan fingerprint density at radius 2 is 1.15 bits per heavy atom. The van der Waals surface area contributed by atoms with E-state index >= 15 is 0 Å². The maximum Gasteiger partial charge on any atom is 0.322 e. The summed E-state index contributed by atoms with van der Waals surface area (Å²) in [5, 5.41) is 42.1. The van der Waals surface area contributed by atoms with Gasteiger partial charge < -0.3 is 32.3 Å². The molecule has 0 heterocycles. The van der Waals surface area contributed by atoms with Crippen molar-refractivity contribution in [3.05, 3.63) is 82.8 Å². The number of carbonyl (C=O) groups excluding carboxylic acids is 1. The van der Waals surface area contributed by atoms with E-state index < -0.39 is 81.6 Å². The molecule has 0 amide bonds. The van der Waals surface area contributed by atoms with Crippen LogP contribution in [0.15, 0.2) is 107 Å². The second-order valence-electron chi connectivity index (χ2n) is 11.9. The molecule has 0 bridgehead atoms. The first-order valence-corrected chi connectivity index (χ1v) is 20.2. The Kier molecular flexibility index (Phi) is 12.2. The Labute approximate surface area is 332 Å². The highest BCUT2D eigenvalue weighted by atomic mass is 32.2. The van der Waals surface area contributed by atoms with Crippen molar-refractivity contribution in [2.24, 2.45) is 25.6 Å². The Balaban J connectivity index is 1.43. The largest absolute Gasteiger partial charge is 0.480 e. The predicted octanol–water partition coefficient (Wildman–Crippen LogP) is 4.06. The third-order valence-electron chi connectivity index (χ3n) is 7.66. The van der Waals surface area contributed by atoms with Crippen LogP contribution >= 0.6 is 0 Å². The van der Waals surface area contributed by atoms with Crippen LogP contribution in [0.3, 0.4) is 0 Å². The van der Waals surface area contributed by atoms with Crippen molar-refractivity contribution in [3.63, 3.8) is 0 Å². The Hall–Kier alpha value is -7.17. The minimum absolute atomic E-state index is 0.0205. The molecule has 24 nitrogen and oxygen atoms in total. The fraction of sp³-hybridized carbons (Fsp3) is 0.0625. The molecule has 1 aliphatic carbocycles. The number of nitrogens with zero attached hydrogens (tertiary/aromatic N) is 5. The summed E-state index contributed by atoms with van der Waals surface area (Å²) < 4.78 is 102. The van der Waals surface area contributed by atoms with Crippen LogP contribution in [0.25, 0.3) is 6.08 Å². The lowest BCUT2D eigenvalue weighted by Crippen LogP contribution is -2.27. The van der Waals surface area contributed by atoms with Crippen LogP contribution in [-0.4, -0.2) is 85.6 Å². The lowest BCUT2D eigenvalue weighted by molar-refractivity contribution is -0.135. The number of Topliss-reactive ketones (excluding diaryl/α,β-unsaturated/α-hetero) is 1. The van der Waals surface area contributed by atoms with Gasteiger partial charge in [0.2, 0.25) is 5.78 Å². The van der Waals surface area contributed by atoms with Gasteiger partial charge in [-0.15, -0.1) is 10.2 Å². The number of carboxylic acids is 2. The van der Waals surface area contributed by atoms with Crippen molar-refractivity contribution >= 4 is 111 Å². The number of benzene rings is 4. The molecule has 0 unspecified atom stereocenters. The van der Waals surface area contributed by atoms with E-state index in [-0.39, 0.29) is 62.3 Å². The maximum absolute atomic E-state index is 13.7. The molecule has 0 radical (unpaired) electrons. The van der Waals surface area contributed by atoms with Gasteiger partial charge in [0.15, 0.2) is 5.71 Å². The molecule has 0 saturated heterocycles. The van der Waals surface area contributed by atoms with E-state index in [9.17, 15) is 53.3 Å². The minimum Gasteiger partial charge on any atom is -0.480 e. The number of allylic oxidation sites excluding steroid dienone is 1. The summed E-state index contributed by atoms with van der Waals surface area (Å²) in [4.78, 5) is 33.2. The van der Waals surface area contributed by atoms with Gasteiger partial charge in [0, 0.05) is 5.56 Å². The van der Waals surface area contributed by atoms with Gasteiger partial charge in [-0.2, -0.15) is 40.6 Å². The van der Waals surface area contributed by atoms with Gasteiger partial charge in [-0.25, -0.2) is 0 Å². The Bertz CT molecular complexity index is 2900. The van der Waals surface area contributed by atoms with Gasteiger partial charge in [0.1, 0.15) is 39.2 Å². The molecule has 5 rings (SSSR count). The van der Waals surface area contributed by atoms with Crippen LogP contribution in [0.4, 0.5) is 51.2 Å². The van der Waals surface area contributed by atoms with Gasteiger partial charge >= 0.3 is 11.9 Å². The normalized spacial score (nSPS) is 14.0. The lowest BCUT2D eigenvalue weighted by atomic mass is 9.94. The molecule has 4 aromatic rings. The minimum atomic E-state index is -5.05. The molecule has 27 heteroatoms. The standard InChI is InChI=1S/C32H28N10O14S3/c33-20-9-24(35-13-29(43)44)26(57(48,49)50)11-22(20)40-37-16-2-1-3-17(7-16)39-42-31-28(59(54,55)56)6-15-4-5-18(8-19(15)32(31)47)38-41-23-12-27(58(51,52)53)25(10-21(23)34)36-14-30(45)46/h1-12,35-36,39H,13-14,33-34H2,(H,43,44)(H,45,46)(H,48,49,50)(H,51,52,53)(H,54,55,56)/b40-37?,41-38?,42-31+. The lowest BCUT2D eigenvalue weighted by Gasteiger charge is -2.16. The third kappa shape index (κ3) is 10.6. The summed E-state index contributed by atoms with van der Waals surface area (Å²) in [6.07, 6.45) is 0.963. The maximum atomic E-state index is 13.7. The van der Waals surface area contributed by atoms with E-state index in [4.69, 9.17) is 21.7 Å². The molecule has 0 saturated carbocycles. The van der Waals surface area contributed by atoms with Crippen molar-refractivity contribution in [2.75, 3.05) is 40.6 Å². The van der Waals surface area contributed by atoms with Crippen LogP contribution in [-0.2, 0) is 39.9 Å². The Morgan fingerprint density at radius 1 is 0.644 bits per heavy atom. The SMILES string of the molecule is Nc1cc(NCC(=O)O)c(S(=O)(=O)O)cc1N=Nc1cccc(N/N=C2/C(=O)c3cc(N=Nc4cc(S(=O)(=O)O)c(NCC(=O)O)cc4N)ccc3C=C2S(=O)(=O)O)c1. The molecule has 0 aliphatic heterocycles. The van der Waals surface area contributed by atoms with E-state index in [0.29, 0.717) is 0 Å². The number of carboxylic acid groups (broad SMARTS) is 2. The van der Waals surface area contributed by atoms with Crippen LogP contribution in [0.5, 0.6) is 0 Å². The summed E-state index contributed by atoms with van der Waals surface area (Å²) in [6, 6.07) is 13.0. The molecular formula is C32H28N10O14S3. The first-order chi connectivity index (χ1) is 27.5. The number of nitrogen functional groups attached to an aromatic ring is 2. The van der Waals surface area contributed by atoms with Gasteiger partial charge in [-0.3, -0.25) is 33.5 Å². The number of nitrogens with one attached hydrogen (secondary N) is 3. The van der Waals surface area contributed by atoms with Gasteiger partial charge in [0.05, 0.1) is 39.8 Å². The Morgan fingerprint density at radius 3 is 1.63 bits per heavy atom. The van der Waals surface area contributed by atoms with Crippen molar-refractivity contribution in [2.45, 2.75) is 9.79 Å². The molecule has 12 N–H and O–H groups in total. The number of fused-ring (bicyclic) bond motifs is 1. The van der Waals surface area contributed by atoms with E-state index in [0.717, 1.165) is 30.3 Å². The number of aliphatic carboxylic acids is 2. The zero-order valence-electron chi connectivity index (χ0n) is 29.4. The summed E-state index contributed by atoms with van der Waals surface area (Å²) in [7, 11) is -14.8. The predicted molar refractivity (Wildman–Crippen MR) is 210 cm³/mol. The number of anilines is 5. The molecule has 0 spiro atoms. The van der Waals surface area contributed by atoms with Gasteiger partial charge in [-0.05, 0) is 66.2 Å². The number of hydrogen-bond acceptors (Lipinski definition) is 19. The quantitative estimate of drug-likeness (QED) is 0.0348. The molecule has 4 aromatic carbocycles. The smallest absolute Gasteiger partial charge is 0.322 e. The average molecular weight is 873 g/mol. The number of nitrogens with two attached hydrogens (primary N) is 2. The number of hydrazone groups is 1. The molecule has 0 atom stereocenters. The topological polar surface area (TPSA) is 405 Å². The highest BCUT2D eigenvalue weighted by molar-refractivity contribution is 7.91. The highest BCUT2D eigenvalue weighted by Crippen LogP contribution is 2.36. The van der Waals surface area contributed by atoms with E-state index in [1.54, 1.807) is 0 Å². The number of rotatable bonds is 15. The van der Waals surface area contributed by atoms with Crippen molar-refractivity contribution in [3.8, 4) is 0 Å². The molecule has 59 heavy (non-hydrogen) atoms. The summed E-state index contributed by atoms with van der Waals surface area (Å²) in [5.74, 6) is -3.67. The van der Waals surface area contributed by atoms with Crippen LogP contribution in [0, 0.1) is 0 Å². The first-order valence-electron chi connectivity index (χ1n) is 15.9. The number of hydrogen-bond donors (Lipinski definition) is 10. The monoisotopic (exact) mass is 872 g/mol. The second kappa shape index (κ2) is 16.7. The van der Waals surface area contributed by atoms with Crippen LogP contribution in [0.2, 0.25) is 0 Å². The molecule has 0 aromatic heterocycles. The molecule has 308 valence electrons. The number of carbonyl (C=O) groups is 3. The third-order valence-corrected chi connectivity index (χ3v) is 10.3. The number of azo groups is 2. The van der Waals surface area contributed by atoms with Gasteiger partial charge in [-0.1, -0.05) is 12.1 Å². The average Bonchev–Trinajstić information content (AvgIpc) is 3.13. The highest BCUT2D eigenvalue weighted by Gasteiger charge is 2.33. The van der Waals surface area contributed by atoms with Crippen LogP contribution in [0.1, 0.15) is 15.9 Å². The molecular weight excluding hydrogens is 845 g/mol. The summed E-state index contributed by atoms with van der Waals surface area (Å²) in [6.45, 7) is -1.41. The van der Waals surface area contributed by atoms with Crippen molar-refractivity contribution in [1.82, 2.24) is 0 Å². The van der Waals surface area contributed by atoms with E-state index in [1.165, 1.54) is 42.5 Å². The van der Waals surface area contributed by atoms with Crippen molar-refractivity contribution < 1.29 is 63.5 Å². The second-order valence-corrected chi connectivity index (χ2v) is 16.0.